The number of benzene rings is 2. The van der Waals surface area contributed by atoms with Gasteiger partial charge in [-0.2, -0.15) is 0 Å². The maximum absolute atomic E-state index is 13.2. The molecular weight excluding hydrogens is 476 g/mol. The maximum atomic E-state index is 13.2. The van der Waals surface area contributed by atoms with Gasteiger partial charge in [-0.25, -0.2) is 9.59 Å². The highest BCUT2D eigenvalue weighted by molar-refractivity contribution is 5.87. The van der Waals surface area contributed by atoms with Crippen molar-refractivity contribution in [3.05, 3.63) is 76.9 Å². The lowest BCUT2D eigenvalue weighted by Crippen LogP contribution is -2.47. The lowest BCUT2D eigenvalue weighted by atomic mass is 9.89. The molecule has 2 aliphatic carbocycles. The van der Waals surface area contributed by atoms with E-state index in [1.165, 1.54) is 17.6 Å². The first-order valence-electron chi connectivity index (χ1n) is 14.0. The first kappa shape index (κ1) is 27.9. The van der Waals surface area contributed by atoms with Crippen molar-refractivity contribution in [3.63, 3.8) is 0 Å². The zero-order chi connectivity index (χ0) is 27.3. The second-order valence-corrected chi connectivity index (χ2v) is 11.7. The fourth-order valence-electron chi connectivity index (χ4n) is 5.54. The molecule has 6 heteroatoms. The van der Waals surface area contributed by atoms with Crippen molar-refractivity contribution in [1.29, 1.82) is 0 Å². The molecule has 2 aliphatic rings. The number of carbonyl (C=O) groups excluding carboxylic acids is 1. The predicted octanol–water partition coefficient (Wildman–Crippen LogP) is 6.90. The zero-order valence-corrected chi connectivity index (χ0v) is 23.2. The van der Waals surface area contributed by atoms with Crippen molar-refractivity contribution in [2.75, 3.05) is 0 Å². The number of rotatable bonds is 9. The van der Waals surface area contributed by atoms with Crippen LogP contribution in [0.2, 0.25) is 0 Å². The fourth-order valence-corrected chi connectivity index (χ4v) is 5.54. The van der Waals surface area contributed by atoms with Gasteiger partial charge in [-0.05, 0) is 88.5 Å². The minimum Gasteiger partial charge on any atom is -0.478 e. The van der Waals surface area contributed by atoms with E-state index in [0.717, 1.165) is 37.7 Å². The quantitative estimate of drug-likeness (QED) is 0.377. The second kappa shape index (κ2) is 12.2. The Morgan fingerprint density at radius 2 is 1.76 bits per heavy atom. The minimum absolute atomic E-state index is 0.0653. The number of amides is 1. The molecule has 0 saturated heterocycles. The fraction of sp³-hybridized carbons (Fsp3) is 0.500. The molecule has 2 fully saturated rings. The third-order valence-electron chi connectivity index (χ3n) is 7.57. The topological polar surface area (TPSA) is 78.9 Å². The number of ether oxygens (including phenoxy) is 1. The molecule has 2 N–H and O–H groups in total. The summed E-state index contributed by atoms with van der Waals surface area (Å²) in [5, 5.41) is 13.3. The molecule has 0 aromatic heterocycles. The molecule has 2 unspecified atom stereocenters. The number of nitrogens with one attached hydrogen (secondary N) is 1. The Kier molecular flexibility index (Phi) is 8.93. The number of nitrogens with zero attached hydrogens (tertiary/aromatic N) is 1. The molecule has 2 aromatic rings. The number of aromatic carboxylic acids is 1. The van der Waals surface area contributed by atoms with E-state index < -0.39 is 11.6 Å². The Morgan fingerprint density at radius 1 is 1.05 bits per heavy atom. The average Bonchev–Trinajstić information content (AvgIpc) is 3.65. The highest BCUT2D eigenvalue weighted by Gasteiger charge is 2.41. The number of carboxylic acids is 1. The van der Waals surface area contributed by atoms with Gasteiger partial charge in [-0.3, -0.25) is 0 Å². The van der Waals surface area contributed by atoms with Crippen LogP contribution in [0.25, 0.3) is 6.08 Å². The van der Waals surface area contributed by atoms with Gasteiger partial charge in [0.15, 0.2) is 0 Å². The summed E-state index contributed by atoms with van der Waals surface area (Å²) in [6.07, 6.45) is 8.07. The third kappa shape index (κ3) is 7.70. The van der Waals surface area contributed by atoms with E-state index in [0.29, 0.717) is 24.5 Å². The Hall–Kier alpha value is -3.12. The monoisotopic (exact) mass is 518 g/mol. The SMILES string of the molecule is CC/C(=C\c1ccccc1)C1CC1N[C@H]1CC[C@H](N(Cc2cccc(C(=O)O)c2)C(=O)OC(C)(C)C)CC1. The average molecular weight is 519 g/mol. The predicted molar refractivity (Wildman–Crippen MR) is 151 cm³/mol. The van der Waals surface area contributed by atoms with Gasteiger partial charge in [0, 0.05) is 24.7 Å². The van der Waals surface area contributed by atoms with Crippen LogP contribution in [0, 0.1) is 5.92 Å². The van der Waals surface area contributed by atoms with Gasteiger partial charge in [0.05, 0.1) is 5.56 Å². The molecule has 6 nitrogen and oxygen atoms in total. The smallest absolute Gasteiger partial charge is 0.410 e. The van der Waals surface area contributed by atoms with Gasteiger partial charge in [0.25, 0.3) is 0 Å². The number of hydrogen-bond donors (Lipinski definition) is 2. The number of carbonyl (C=O) groups is 2. The Balaban J connectivity index is 1.36. The lowest BCUT2D eigenvalue weighted by molar-refractivity contribution is 0.00876. The van der Waals surface area contributed by atoms with E-state index in [9.17, 15) is 14.7 Å². The number of hydrogen-bond acceptors (Lipinski definition) is 4. The van der Waals surface area contributed by atoms with Gasteiger partial charge >= 0.3 is 12.1 Å². The summed E-state index contributed by atoms with van der Waals surface area (Å²) < 4.78 is 5.75. The van der Waals surface area contributed by atoms with Crippen LogP contribution < -0.4 is 5.32 Å². The third-order valence-corrected chi connectivity index (χ3v) is 7.57. The van der Waals surface area contributed by atoms with Gasteiger partial charge in [0.1, 0.15) is 5.60 Å². The molecule has 0 aliphatic heterocycles. The summed E-state index contributed by atoms with van der Waals surface area (Å²) in [4.78, 5) is 26.5. The van der Waals surface area contributed by atoms with Crippen LogP contribution in [0.3, 0.4) is 0 Å². The molecule has 1 amide bonds. The van der Waals surface area contributed by atoms with Crippen molar-refractivity contribution in [2.24, 2.45) is 5.92 Å². The van der Waals surface area contributed by atoms with Crippen LogP contribution in [0.4, 0.5) is 4.79 Å². The minimum atomic E-state index is -0.967. The van der Waals surface area contributed by atoms with Crippen LogP contribution in [0.1, 0.15) is 87.7 Å². The molecule has 0 radical (unpaired) electrons. The summed E-state index contributed by atoms with van der Waals surface area (Å²) in [5.74, 6) is -0.358. The Bertz CT molecular complexity index is 1130. The maximum Gasteiger partial charge on any atom is 0.410 e. The van der Waals surface area contributed by atoms with E-state index >= 15 is 0 Å². The highest BCUT2D eigenvalue weighted by Crippen LogP contribution is 2.41. The Labute approximate surface area is 227 Å². The van der Waals surface area contributed by atoms with Crippen LogP contribution >= 0.6 is 0 Å². The van der Waals surface area contributed by atoms with Crippen LogP contribution in [0.5, 0.6) is 0 Å². The molecule has 2 atom stereocenters. The summed E-state index contributed by atoms with van der Waals surface area (Å²) >= 11 is 0. The first-order valence-corrected chi connectivity index (χ1v) is 14.0. The van der Waals surface area contributed by atoms with Crippen molar-refractivity contribution < 1.29 is 19.4 Å². The Morgan fingerprint density at radius 3 is 2.39 bits per heavy atom. The molecule has 2 aromatic carbocycles. The van der Waals surface area contributed by atoms with E-state index in [1.807, 2.05) is 26.8 Å². The normalized spacial score (nSPS) is 23.5. The van der Waals surface area contributed by atoms with Gasteiger partial charge in [0.2, 0.25) is 0 Å². The zero-order valence-electron chi connectivity index (χ0n) is 23.2. The van der Waals surface area contributed by atoms with E-state index in [-0.39, 0.29) is 17.7 Å². The van der Waals surface area contributed by atoms with Gasteiger partial charge < -0.3 is 20.1 Å². The molecule has 0 heterocycles. The molecule has 204 valence electrons. The largest absolute Gasteiger partial charge is 0.478 e. The summed E-state index contributed by atoms with van der Waals surface area (Å²) in [7, 11) is 0. The summed E-state index contributed by atoms with van der Waals surface area (Å²) in [5.41, 5.74) is 3.22. The van der Waals surface area contributed by atoms with E-state index in [1.54, 1.807) is 23.1 Å². The van der Waals surface area contributed by atoms with Gasteiger partial charge in [-0.1, -0.05) is 61.0 Å². The van der Waals surface area contributed by atoms with E-state index in [4.69, 9.17) is 4.74 Å². The first-order chi connectivity index (χ1) is 18.1. The highest BCUT2D eigenvalue weighted by atomic mass is 16.6. The van der Waals surface area contributed by atoms with Gasteiger partial charge in [-0.15, -0.1) is 0 Å². The molecule has 2 saturated carbocycles. The van der Waals surface area contributed by atoms with Crippen molar-refractivity contribution in [3.8, 4) is 0 Å². The standard InChI is InChI=1S/C32H42N2O4/c1-5-24(18-22-10-7-6-8-11-22)28-20-29(28)33-26-14-16-27(17-15-26)34(31(37)38-32(2,3)4)21-23-12-9-13-25(19-23)30(35)36/h6-13,18-19,26-29,33H,5,14-17,20-21H2,1-4H3,(H,35,36)/b24-18+/t26-,27-,28?,29?. The van der Waals surface area contributed by atoms with E-state index in [2.05, 4.69) is 48.6 Å². The molecule has 38 heavy (non-hydrogen) atoms. The second-order valence-electron chi connectivity index (χ2n) is 11.7. The molecular formula is C32H42N2O4. The van der Waals surface area contributed by atoms with Crippen LogP contribution in [-0.2, 0) is 11.3 Å². The molecule has 0 spiro atoms. The lowest BCUT2D eigenvalue weighted by Gasteiger charge is -2.38. The van der Waals surface area contributed by atoms with Crippen molar-refractivity contribution >= 4 is 18.1 Å². The van der Waals surface area contributed by atoms with Crippen LogP contribution in [0.15, 0.2) is 60.2 Å². The summed E-state index contributed by atoms with van der Waals surface area (Å²) in [6, 6.07) is 18.4. The summed E-state index contributed by atoms with van der Waals surface area (Å²) in [6.45, 7) is 8.20. The number of carboxylic acid groups (broad SMARTS) is 1. The van der Waals surface area contributed by atoms with Crippen molar-refractivity contribution in [2.45, 2.75) is 96.5 Å². The molecule has 0 bridgehead atoms. The molecule has 4 rings (SSSR count). The van der Waals surface area contributed by atoms with Crippen LogP contribution in [-0.4, -0.2) is 45.8 Å². The van der Waals surface area contributed by atoms with Crippen molar-refractivity contribution in [1.82, 2.24) is 10.2 Å².